The van der Waals surface area contributed by atoms with E-state index in [0.717, 1.165) is 16.8 Å². The molecule has 3 rings (SSSR count). The van der Waals surface area contributed by atoms with Crippen LogP contribution < -0.4 is 5.56 Å². The third kappa shape index (κ3) is 1.91. The van der Waals surface area contributed by atoms with Crippen LogP contribution in [0.3, 0.4) is 0 Å². The van der Waals surface area contributed by atoms with E-state index in [0.29, 0.717) is 11.3 Å². The Labute approximate surface area is 110 Å². The van der Waals surface area contributed by atoms with Gasteiger partial charge < -0.3 is 0 Å². The summed E-state index contributed by atoms with van der Waals surface area (Å²) < 4.78 is 1.61. The maximum Gasteiger partial charge on any atom is 0.278 e. The summed E-state index contributed by atoms with van der Waals surface area (Å²) in [4.78, 5) is 20.9. The Hall–Kier alpha value is -2.49. The number of hydrogen-bond donors (Lipinski definition) is 0. The lowest BCUT2D eigenvalue weighted by atomic mass is 10.2. The van der Waals surface area contributed by atoms with Crippen molar-refractivity contribution in [1.29, 1.82) is 0 Å². The summed E-state index contributed by atoms with van der Waals surface area (Å²) in [7, 11) is 0. The zero-order chi connectivity index (χ0) is 13.4. The second kappa shape index (κ2) is 4.31. The van der Waals surface area contributed by atoms with Gasteiger partial charge in [-0.2, -0.15) is 0 Å². The van der Waals surface area contributed by atoms with Crippen molar-refractivity contribution in [3.63, 3.8) is 0 Å². The molecule has 0 aliphatic heterocycles. The first-order valence-electron chi connectivity index (χ1n) is 6.08. The number of fused-ring (bicyclic) bond motifs is 1. The first-order valence-corrected chi connectivity index (χ1v) is 6.08. The predicted molar refractivity (Wildman–Crippen MR) is 74.6 cm³/mol. The molecule has 0 saturated carbocycles. The molecule has 94 valence electrons. The Bertz CT molecular complexity index is 804. The smallest absolute Gasteiger partial charge is 0.267 e. The standard InChI is InChI=1S/C15H13N3O/c1-10-5-7-12(8-6-10)18-14-13(4-3-9-16-14)17-11(2)15(18)19/h3-9H,1-2H3. The van der Waals surface area contributed by atoms with Crippen LogP contribution in [0, 0.1) is 13.8 Å². The minimum Gasteiger partial charge on any atom is -0.267 e. The number of nitrogens with zero attached hydrogens (tertiary/aromatic N) is 3. The Morgan fingerprint density at radius 1 is 1.05 bits per heavy atom. The molecule has 2 heterocycles. The maximum atomic E-state index is 12.3. The van der Waals surface area contributed by atoms with E-state index < -0.39 is 0 Å². The molecule has 0 N–H and O–H groups in total. The van der Waals surface area contributed by atoms with Gasteiger partial charge in [-0.15, -0.1) is 0 Å². The van der Waals surface area contributed by atoms with Crippen molar-refractivity contribution in [2.75, 3.05) is 0 Å². The zero-order valence-corrected chi connectivity index (χ0v) is 10.8. The third-order valence-corrected chi connectivity index (χ3v) is 3.07. The molecule has 0 aliphatic carbocycles. The van der Waals surface area contributed by atoms with Gasteiger partial charge >= 0.3 is 0 Å². The Balaban J connectivity index is 2.42. The molecular weight excluding hydrogens is 238 g/mol. The van der Waals surface area contributed by atoms with E-state index in [1.807, 2.05) is 43.3 Å². The predicted octanol–water partition coefficient (Wildman–Crippen LogP) is 2.40. The van der Waals surface area contributed by atoms with Crippen molar-refractivity contribution < 1.29 is 0 Å². The molecule has 2 aromatic heterocycles. The lowest BCUT2D eigenvalue weighted by Gasteiger charge is -2.10. The zero-order valence-electron chi connectivity index (χ0n) is 10.8. The first kappa shape index (κ1) is 11.6. The van der Waals surface area contributed by atoms with Gasteiger partial charge in [0.15, 0.2) is 5.65 Å². The minimum absolute atomic E-state index is 0.130. The number of aryl methyl sites for hydroxylation is 2. The van der Waals surface area contributed by atoms with Gasteiger partial charge in [-0.25, -0.2) is 9.97 Å². The quantitative estimate of drug-likeness (QED) is 0.667. The van der Waals surface area contributed by atoms with Crippen LogP contribution in [0.25, 0.3) is 16.9 Å². The SMILES string of the molecule is Cc1ccc(-n2c(=O)c(C)nc3cccnc32)cc1. The van der Waals surface area contributed by atoms with Gasteiger partial charge in [-0.1, -0.05) is 17.7 Å². The van der Waals surface area contributed by atoms with Crippen LogP contribution in [-0.2, 0) is 0 Å². The molecule has 4 heteroatoms. The molecule has 0 bridgehead atoms. The summed E-state index contributed by atoms with van der Waals surface area (Å²) in [5.74, 6) is 0. The van der Waals surface area contributed by atoms with Crippen LogP contribution in [0.1, 0.15) is 11.3 Å². The summed E-state index contributed by atoms with van der Waals surface area (Å²) in [6, 6.07) is 11.5. The largest absolute Gasteiger partial charge is 0.278 e. The average Bonchev–Trinajstić information content (AvgIpc) is 2.42. The molecule has 0 atom stereocenters. The minimum atomic E-state index is -0.130. The van der Waals surface area contributed by atoms with Crippen molar-refractivity contribution >= 4 is 11.2 Å². The molecule has 0 saturated heterocycles. The Morgan fingerprint density at radius 2 is 1.79 bits per heavy atom. The van der Waals surface area contributed by atoms with Crippen LogP contribution in [0.15, 0.2) is 47.4 Å². The van der Waals surface area contributed by atoms with Crippen LogP contribution in [0.4, 0.5) is 0 Å². The molecule has 3 aromatic rings. The molecule has 0 spiro atoms. The van der Waals surface area contributed by atoms with Crippen LogP contribution >= 0.6 is 0 Å². The van der Waals surface area contributed by atoms with Gasteiger partial charge in [-0.3, -0.25) is 9.36 Å². The van der Waals surface area contributed by atoms with Crippen molar-refractivity contribution in [2.45, 2.75) is 13.8 Å². The van der Waals surface area contributed by atoms with Crippen molar-refractivity contribution in [3.05, 3.63) is 64.2 Å². The molecular formula is C15H13N3O. The lowest BCUT2D eigenvalue weighted by molar-refractivity contribution is 0.958. The van der Waals surface area contributed by atoms with E-state index >= 15 is 0 Å². The summed E-state index contributed by atoms with van der Waals surface area (Å²) in [5, 5.41) is 0. The second-order valence-corrected chi connectivity index (χ2v) is 4.52. The topological polar surface area (TPSA) is 47.8 Å². The summed E-state index contributed by atoms with van der Waals surface area (Å²) >= 11 is 0. The van der Waals surface area contributed by atoms with E-state index in [9.17, 15) is 4.79 Å². The van der Waals surface area contributed by atoms with E-state index in [1.54, 1.807) is 17.7 Å². The fourth-order valence-corrected chi connectivity index (χ4v) is 2.07. The van der Waals surface area contributed by atoms with Gasteiger partial charge in [0, 0.05) is 6.20 Å². The fourth-order valence-electron chi connectivity index (χ4n) is 2.07. The Morgan fingerprint density at radius 3 is 2.53 bits per heavy atom. The molecule has 0 unspecified atom stereocenters. The normalized spacial score (nSPS) is 10.8. The van der Waals surface area contributed by atoms with Crippen molar-refractivity contribution in [3.8, 4) is 5.69 Å². The summed E-state index contributed by atoms with van der Waals surface area (Å²) in [6.07, 6.45) is 1.67. The highest BCUT2D eigenvalue weighted by molar-refractivity contribution is 5.72. The van der Waals surface area contributed by atoms with Crippen molar-refractivity contribution in [1.82, 2.24) is 14.5 Å². The van der Waals surface area contributed by atoms with Gasteiger partial charge in [-0.05, 0) is 38.1 Å². The highest BCUT2D eigenvalue weighted by Gasteiger charge is 2.10. The molecule has 4 nitrogen and oxygen atoms in total. The van der Waals surface area contributed by atoms with Gasteiger partial charge in [0.25, 0.3) is 5.56 Å². The highest BCUT2D eigenvalue weighted by Crippen LogP contribution is 2.13. The monoisotopic (exact) mass is 251 g/mol. The number of hydrogen-bond acceptors (Lipinski definition) is 3. The second-order valence-electron chi connectivity index (χ2n) is 4.52. The van der Waals surface area contributed by atoms with Crippen LogP contribution in [0.5, 0.6) is 0 Å². The maximum absolute atomic E-state index is 12.3. The molecule has 0 aliphatic rings. The number of aromatic nitrogens is 3. The molecule has 19 heavy (non-hydrogen) atoms. The molecule has 0 fully saturated rings. The fraction of sp³-hybridized carbons (Fsp3) is 0.133. The lowest BCUT2D eigenvalue weighted by Crippen LogP contribution is -2.23. The van der Waals surface area contributed by atoms with Gasteiger partial charge in [0.2, 0.25) is 0 Å². The number of benzene rings is 1. The first-order chi connectivity index (χ1) is 9.16. The average molecular weight is 251 g/mol. The van der Waals surface area contributed by atoms with Gasteiger partial charge in [0.1, 0.15) is 11.2 Å². The van der Waals surface area contributed by atoms with E-state index in [-0.39, 0.29) is 5.56 Å². The summed E-state index contributed by atoms with van der Waals surface area (Å²) in [5.41, 5.74) is 3.61. The Kier molecular flexibility index (Phi) is 2.63. The molecule has 1 aromatic carbocycles. The van der Waals surface area contributed by atoms with E-state index in [2.05, 4.69) is 9.97 Å². The molecule has 0 amide bonds. The van der Waals surface area contributed by atoms with Crippen molar-refractivity contribution in [2.24, 2.45) is 0 Å². The van der Waals surface area contributed by atoms with E-state index in [4.69, 9.17) is 0 Å². The van der Waals surface area contributed by atoms with Crippen LogP contribution in [0.2, 0.25) is 0 Å². The number of pyridine rings is 1. The number of rotatable bonds is 1. The third-order valence-electron chi connectivity index (χ3n) is 3.07. The molecule has 0 radical (unpaired) electrons. The van der Waals surface area contributed by atoms with Crippen LogP contribution in [-0.4, -0.2) is 14.5 Å². The van der Waals surface area contributed by atoms with Gasteiger partial charge in [0.05, 0.1) is 5.69 Å². The summed E-state index contributed by atoms with van der Waals surface area (Å²) in [6.45, 7) is 3.74. The highest BCUT2D eigenvalue weighted by atomic mass is 16.1. The van der Waals surface area contributed by atoms with E-state index in [1.165, 1.54) is 0 Å².